The molecule has 0 aromatic rings. The number of nitrogens with zero attached hydrogens (tertiary/aromatic N) is 1. The van der Waals surface area contributed by atoms with Gasteiger partial charge in [-0.2, -0.15) is 5.26 Å². The molecule has 0 atom stereocenters. The fraction of sp³-hybridized carbons (Fsp3) is 0.500. The predicted octanol–water partition coefficient (Wildman–Crippen LogP) is -1.02. The lowest BCUT2D eigenvalue weighted by Crippen LogP contribution is -2.13. The first-order valence-electron chi connectivity index (χ1n) is 3.17. The molecule has 0 unspecified atom stereocenters. The van der Waals surface area contributed by atoms with Crippen molar-refractivity contribution in [2.45, 2.75) is 0 Å². The Morgan fingerprint density at radius 1 is 1.75 bits per heavy atom. The number of aliphatic hydroxyl groups is 1. The van der Waals surface area contributed by atoms with Crippen LogP contribution in [0.25, 0.3) is 0 Å². The van der Waals surface area contributed by atoms with E-state index in [4.69, 9.17) is 10.4 Å². The molecular weight excluding hydrogens is 180 g/mol. The predicted molar refractivity (Wildman–Crippen MR) is 43.6 cm³/mol. The molecule has 0 aromatic heterocycles. The van der Waals surface area contributed by atoms with Crippen LogP contribution in [-0.2, 0) is 9.84 Å². The van der Waals surface area contributed by atoms with E-state index in [-0.39, 0.29) is 18.1 Å². The smallest absolute Gasteiger partial charge is 0.186 e. The monoisotopic (exact) mass is 190 g/mol. The summed E-state index contributed by atoms with van der Waals surface area (Å²) in [4.78, 5) is -0.337. The average Bonchev–Trinajstić information content (AvgIpc) is 1.95. The lowest BCUT2D eigenvalue weighted by molar-refractivity contribution is 0.298. The maximum atomic E-state index is 10.8. The molecular formula is C6H10N2O3S. The topological polar surface area (TPSA) is 90.2 Å². The summed E-state index contributed by atoms with van der Waals surface area (Å²) in [6.07, 6.45) is 2.02. The minimum Gasteiger partial charge on any atom is -0.395 e. The van der Waals surface area contributed by atoms with Gasteiger partial charge in [-0.3, -0.25) is 0 Å². The Morgan fingerprint density at radius 2 is 2.33 bits per heavy atom. The zero-order valence-corrected chi connectivity index (χ0v) is 7.43. The van der Waals surface area contributed by atoms with Gasteiger partial charge in [0.1, 0.15) is 6.07 Å². The normalized spacial score (nSPS) is 12.2. The number of nitrogens with one attached hydrogen (secondary N) is 1. The number of hydrogen-bond donors (Lipinski definition) is 2. The van der Waals surface area contributed by atoms with Crippen LogP contribution in [0.5, 0.6) is 0 Å². The third-order valence-electron chi connectivity index (χ3n) is 0.999. The van der Waals surface area contributed by atoms with Crippen molar-refractivity contribution >= 4 is 9.84 Å². The summed E-state index contributed by atoms with van der Waals surface area (Å²) in [5, 5.41) is 19.2. The van der Waals surface area contributed by atoms with Gasteiger partial charge in [-0.05, 0) is 0 Å². The average molecular weight is 190 g/mol. The van der Waals surface area contributed by atoms with Crippen LogP contribution < -0.4 is 5.32 Å². The van der Waals surface area contributed by atoms with Crippen molar-refractivity contribution in [1.82, 2.24) is 5.32 Å². The standard InChI is InChI=1S/C6H10N2O3S/c1-12(10,11)6(4-7)5-8-2-3-9/h5,8-9H,2-3H2,1H3. The molecule has 0 aliphatic carbocycles. The molecule has 0 heterocycles. The van der Waals surface area contributed by atoms with Gasteiger partial charge in [0.25, 0.3) is 0 Å². The first-order chi connectivity index (χ1) is 5.52. The lowest BCUT2D eigenvalue weighted by atomic mass is 10.6. The molecule has 2 N–H and O–H groups in total. The molecule has 0 rings (SSSR count). The number of hydrogen-bond acceptors (Lipinski definition) is 5. The molecule has 0 spiro atoms. The van der Waals surface area contributed by atoms with Crippen LogP contribution in [0.3, 0.4) is 0 Å². The van der Waals surface area contributed by atoms with E-state index in [1.807, 2.05) is 0 Å². The minimum absolute atomic E-state index is 0.112. The Kier molecular flexibility index (Phi) is 4.33. The highest BCUT2D eigenvalue weighted by atomic mass is 32.2. The van der Waals surface area contributed by atoms with E-state index in [1.54, 1.807) is 0 Å². The van der Waals surface area contributed by atoms with Crippen LogP contribution >= 0.6 is 0 Å². The van der Waals surface area contributed by atoms with Crippen molar-refractivity contribution in [3.05, 3.63) is 11.1 Å². The van der Waals surface area contributed by atoms with Gasteiger partial charge >= 0.3 is 0 Å². The van der Waals surface area contributed by atoms with Crippen molar-refractivity contribution in [2.75, 3.05) is 19.4 Å². The van der Waals surface area contributed by atoms with Crippen molar-refractivity contribution in [3.8, 4) is 6.07 Å². The van der Waals surface area contributed by atoms with E-state index < -0.39 is 9.84 Å². The molecule has 6 heteroatoms. The van der Waals surface area contributed by atoms with E-state index in [0.717, 1.165) is 12.5 Å². The van der Waals surface area contributed by atoms with E-state index >= 15 is 0 Å². The van der Waals surface area contributed by atoms with Crippen molar-refractivity contribution in [2.24, 2.45) is 0 Å². The second-order valence-electron chi connectivity index (χ2n) is 2.07. The van der Waals surface area contributed by atoms with Gasteiger partial charge in [0.2, 0.25) is 0 Å². The minimum atomic E-state index is -3.44. The van der Waals surface area contributed by atoms with Crippen LogP contribution in [0.1, 0.15) is 0 Å². The highest BCUT2D eigenvalue weighted by Crippen LogP contribution is 1.99. The van der Waals surface area contributed by atoms with E-state index in [1.165, 1.54) is 6.07 Å². The highest BCUT2D eigenvalue weighted by Gasteiger charge is 2.08. The Hall–Kier alpha value is -1.06. The molecule has 0 saturated carbocycles. The van der Waals surface area contributed by atoms with Crippen LogP contribution in [0.2, 0.25) is 0 Å². The van der Waals surface area contributed by atoms with Gasteiger partial charge < -0.3 is 10.4 Å². The Morgan fingerprint density at radius 3 is 2.67 bits per heavy atom. The molecule has 0 aliphatic heterocycles. The summed E-state index contributed by atoms with van der Waals surface area (Å²) < 4.78 is 21.5. The molecule has 0 amide bonds. The Balaban J connectivity index is 4.39. The Labute approximate surface area is 71.2 Å². The fourth-order valence-corrected chi connectivity index (χ4v) is 0.915. The number of rotatable bonds is 4. The summed E-state index contributed by atoms with van der Waals surface area (Å²) >= 11 is 0. The maximum absolute atomic E-state index is 10.8. The van der Waals surface area contributed by atoms with Gasteiger partial charge in [-0.1, -0.05) is 0 Å². The molecule has 12 heavy (non-hydrogen) atoms. The second-order valence-corrected chi connectivity index (χ2v) is 4.05. The fourth-order valence-electron chi connectivity index (χ4n) is 0.452. The van der Waals surface area contributed by atoms with E-state index in [2.05, 4.69) is 5.32 Å². The number of allylic oxidation sites excluding steroid dienone is 1. The lowest BCUT2D eigenvalue weighted by Gasteiger charge is -1.97. The number of nitriles is 1. The molecule has 68 valence electrons. The quantitative estimate of drug-likeness (QED) is 0.437. The third kappa shape index (κ3) is 3.95. The molecule has 0 radical (unpaired) electrons. The highest BCUT2D eigenvalue weighted by molar-refractivity contribution is 7.94. The SMILES string of the molecule is CS(=O)(=O)C(C#N)=CNCCO. The number of aliphatic hydroxyl groups excluding tert-OH is 1. The molecule has 0 saturated heterocycles. The third-order valence-corrected chi connectivity index (χ3v) is 2.01. The van der Waals surface area contributed by atoms with Crippen LogP contribution in [0, 0.1) is 11.3 Å². The summed E-state index contributed by atoms with van der Waals surface area (Å²) in [7, 11) is -3.44. The second kappa shape index (κ2) is 4.74. The van der Waals surface area contributed by atoms with E-state index in [0.29, 0.717) is 0 Å². The maximum Gasteiger partial charge on any atom is 0.186 e. The van der Waals surface area contributed by atoms with Gasteiger partial charge in [-0.25, -0.2) is 8.42 Å². The Bertz CT molecular complexity index is 299. The van der Waals surface area contributed by atoms with E-state index in [9.17, 15) is 8.42 Å². The van der Waals surface area contributed by atoms with Crippen LogP contribution in [0.4, 0.5) is 0 Å². The van der Waals surface area contributed by atoms with Gasteiger partial charge in [0.05, 0.1) is 6.61 Å². The molecule has 0 fully saturated rings. The van der Waals surface area contributed by atoms with Crippen LogP contribution in [0.15, 0.2) is 11.1 Å². The first kappa shape index (κ1) is 10.9. The van der Waals surface area contributed by atoms with Crippen molar-refractivity contribution < 1.29 is 13.5 Å². The van der Waals surface area contributed by atoms with Crippen molar-refractivity contribution in [1.29, 1.82) is 5.26 Å². The molecule has 0 aromatic carbocycles. The largest absolute Gasteiger partial charge is 0.395 e. The van der Waals surface area contributed by atoms with Crippen molar-refractivity contribution in [3.63, 3.8) is 0 Å². The zero-order chi connectivity index (χ0) is 9.61. The summed E-state index contributed by atoms with van der Waals surface area (Å²) in [5.74, 6) is 0. The first-order valence-corrected chi connectivity index (χ1v) is 5.06. The van der Waals surface area contributed by atoms with Gasteiger partial charge in [0, 0.05) is 19.0 Å². The zero-order valence-electron chi connectivity index (χ0n) is 6.61. The van der Waals surface area contributed by atoms with Gasteiger partial charge in [-0.15, -0.1) is 0 Å². The molecule has 0 aliphatic rings. The summed E-state index contributed by atoms with van der Waals surface area (Å²) in [6.45, 7) is 0.111. The molecule has 0 bridgehead atoms. The summed E-state index contributed by atoms with van der Waals surface area (Å²) in [6, 6.07) is 1.53. The van der Waals surface area contributed by atoms with Crippen LogP contribution in [-0.4, -0.2) is 32.9 Å². The number of sulfone groups is 1. The van der Waals surface area contributed by atoms with Gasteiger partial charge in [0.15, 0.2) is 14.7 Å². The molecule has 5 nitrogen and oxygen atoms in total. The summed E-state index contributed by atoms with van der Waals surface area (Å²) in [5.41, 5.74) is 0.